The Kier molecular flexibility index (Phi) is 4.31. The first-order valence-corrected chi connectivity index (χ1v) is 5.15. The second kappa shape index (κ2) is 5.51. The van der Waals surface area contributed by atoms with Crippen LogP contribution in [0, 0.1) is 0 Å². The molecule has 0 amide bonds. The number of rotatable bonds is 5. The van der Waals surface area contributed by atoms with Crippen LogP contribution in [0.25, 0.3) is 0 Å². The molecule has 0 saturated carbocycles. The van der Waals surface area contributed by atoms with Gasteiger partial charge < -0.3 is 14.9 Å². The van der Waals surface area contributed by atoms with Crippen molar-refractivity contribution in [2.24, 2.45) is 0 Å². The fraction of sp³-hybridized carbons (Fsp3) is 0.417. The summed E-state index contributed by atoms with van der Waals surface area (Å²) >= 11 is 0. The van der Waals surface area contributed by atoms with Gasteiger partial charge in [-0.05, 0) is 31.5 Å². The quantitative estimate of drug-likeness (QED) is 0.800. The van der Waals surface area contributed by atoms with Gasteiger partial charge in [-0.3, -0.25) is 0 Å². The SMILES string of the molecule is CC(C)O[C@@H](Cc1ccc(O)cc1)C(=O)O. The maximum absolute atomic E-state index is 10.9. The van der Waals surface area contributed by atoms with Gasteiger partial charge in [0.2, 0.25) is 0 Å². The zero-order valence-corrected chi connectivity index (χ0v) is 9.38. The molecule has 88 valence electrons. The van der Waals surface area contributed by atoms with Gasteiger partial charge >= 0.3 is 5.97 Å². The fourth-order valence-corrected chi connectivity index (χ4v) is 1.37. The minimum atomic E-state index is -0.971. The van der Waals surface area contributed by atoms with Crippen molar-refractivity contribution >= 4 is 5.97 Å². The third-order valence-corrected chi connectivity index (χ3v) is 2.07. The summed E-state index contributed by atoms with van der Waals surface area (Å²) in [5.74, 6) is -0.804. The van der Waals surface area contributed by atoms with Crippen molar-refractivity contribution in [3.63, 3.8) is 0 Å². The maximum Gasteiger partial charge on any atom is 0.333 e. The molecule has 1 atom stereocenters. The Morgan fingerprint density at radius 2 is 1.88 bits per heavy atom. The van der Waals surface area contributed by atoms with E-state index in [9.17, 15) is 4.79 Å². The molecule has 0 heterocycles. The fourth-order valence-electron chi connectivity index (χ4n) is 1.37. The van der Waals surface area contributed by atoms with Gasteiger partial charge in [-0.1, -0.05) is 12.1 Å². The highest BCUT2D eigenvalue weighted by atomic mass is 16.5. The monoisotopic (exact) mass is 224 g/mol. The number of ether oxygens (including phenoxy) is 1. The summed E-state index contributed by atoms with van der Waals surface area (Å²) in [5, 5.41) is 18.1. The van der Waals surface area contributed by atoms with Crippen LogP contribution >= 0.6 is 0 Å². The third-order valence-electron chi connectivity index (χ3n) is 2.07. The van der Waals surface area contributed by atoms with Crippen LogP contribution in [-0.2, 0) is 16.0 Å². The van der Waals surface area contributed by atoms with E-state index in [-0.39, 0.29) is 11.9 Å². The van der Waals surface area contributed by atoms with E-state index in [1.54, 1.807) is 26.0 Å². The second-order valence-corrected chi connectivity index (χ2v) is 3.88. The lowest BCUT2D eigenvalue weighted by molar-refractivity contribution is -0.153. The molecular weight excluding hydrogens is 208 g/mol. The van der Waals surface area contributed by atoms with Crippen LogP contribution in [0.15, 0.2) is 24.3 Å². The van der Waals surface area contributed by atoms with Crippen LogP contribution < -0.4 is 0 Å². The van der Waals surface area contributed by atoms with Crippen LogP contribution in [0.1, 0.15) is 19.4 Å². The van der Waals surface area contributed by atoms with Crippen LogP contribution in [-0.4, -0.2) is 28.4 Å². The van der Waals surface area contributed by atoms with Gasteiger partial charge in [0.25, 0.3) is 0 Å². The first-order valence-electron chi connectivity index (χ1n) is 5.15. The Morgan fingerprint density at radius 3 is 2.31 bits per heavy atom. The molecule has 0 aromatic heterocycles. The molecule has 4 heteroatoms. The highest BCUT2D eigenvalue weighted by Gasteiger charge is 2.19. The van der Waals surface area contributed by atoms with Gasteiger partial charge in [0.1, 0.15) is 5.75 Å². The normalized spacial score (nSPS) is 12.7. The number of phenols is 1. The van der Waals surface area contributed by atoms with E-state index >= 15 is 0 Å². The average molecular weight is 224 g/mol. The van der Waals surface area contributed by atoms with Crippen molar-refractivity contribution in [2.75, 3.05) is 0 Å². The molecule has 1 aromatic rings. The first kappa shape index (κ1) is 12.5. The van der Waals surface area contributed by atoms with Gasteiger partial charge in [0, 0.05) is 6.42 Å². The zero-order valence-electron chi connectivity index (χ0n) is 9.38. The van der Waals surface area contributed by atoms with Crippen molar-refractivity contribution in [3.05, 3.63) is 29.8 Å². The van der Waals surface area contributed by atoms with E-state index in [0.717, 1.165) is 5.56 Å². The van der Waals surface area contributed by atoms with Crippen molar-refractivity contribution < 1.29 is 19.7 Å². The molecule has 0 unspecified atom stereocenters. The third kappa shape index (κ3) is 3.90. The molecule has 1 aromatic carbocycles. The van der Waals surface area contributed by atoms with E-state index in [2.05, 4.69) is 0 Å². The predicted octanol–water partition coefficient (Wildman–Crippen LogP) is 1.81. The Labute approximate surface area is 94.5 Å². The Hall–Kier alpha value is -1.55. The number of phenolic OH excluding ortho intramolecular Hbond substituents is 1. The number of aliphatic carboxylic acids is 1. The molecule has 0 fully saturated rings. The first-order chi connectivity index (χ1) is 7.49. The second-order valence-electron chi connectivity index (χ2n) is 3.88. The Bertz CT molecular complexity index is 343. The molecule has 0 radical (unpaired) electrons. The Balaban J connectivity index is 2.68. The molecule has 4 nitrogen and oxygen atoms in total. The van der Waals surface area contributed by atoms with Gasteiger partial charge in [-0.15, -0.1) is 0 Å². The van der Waals surface area contributed by atoms with Gasteiger partial charge in [-0.2, -0.15) is 0 Å². The number of benzene rings is 1. The molecular formula is C12H16O4. The van der Waals surface area contributed by atoms with Crippen molar-refractivity contribution in [1.29, 1.82) is 0 Å². The van der Waals surface area contributed by atoms with Gasteiger partial charge in [0.05, 0.1) is 6.10 Å². The smallest absolute Gasteiger partial charge is 0.333 e. The largest absolute Gasteiger partial charge is 0.508 e. The lowest BCUT2D eigenvalue weighted by Crippen LogP contribution is -2.29. The standard InChI is InChI=1S/C12H16O4/c1-8(2)16-11(12(14)15)7-9-3-5-10(13)6-4-9/h3-6,8,11,13H,7H2,1-2H3,(H,14,15)/t11-/m0/s1. The van der Waals surface area contributed by atoms with Crippen LogP contribution in [0.5, 0.6) is 5.75 Å². The lowest BCUT2D eigenvalue weighted by atomic mass is 10.1. The molecule has 0 aliphatic carbocycles. The summed E-state index contributed by atoms with van der Waals surface area (Å²) in [7, 11) is 0. The van der Waals surface area contributed by atoms with E-state index in [4.69, 9.17) is 14.9 Å². The van der Waals surface area contributed by atoms with Crippen LogP contribution in [0.4, 0.5) is 0 Å². The molecule has 0 spiro atoms. The number of carbonyl (C=O) groups is 1. The molecule has 0 saturated heterocycles. The minimum Gasteiger partial charge on any atom is -0.508 e. The summed E-state index contributed by atoms with van der Waals surface area (Å²) in [6.45, 7) is 3.60. The molecule has 0 aliphatic heterocycles. The number of hydrogen-bond donors (Lipinski definition) is 2. The highest BCUT2D eigenvalue weighted by molar-refractivity contribution is 5.72. The van der Waals surface area contributed by atoms with Gasteiger partial charge in [0.15, 0.2) is 6.10 Å². The average Bonchev–Trinajstić information content (AvgIpc) is 2.19. The van der Waals surface area contributed by atoms with E-state index in [1.807, 2.05) is 0 Å². The summed E-state index contributed by atoms with van der Waals surface area (Å²) in [6, 6.07) is 6.44. The molecule has 0 bridgehead atoms. The summed E-state index contributed by atoms with van der Waals surface area (Å²) in [5.41, 5.74) is 0.825. The molecule has 2 N–H and O–H groups in total. The summed E-state index contributed by atoms with van der Waals surface area (Å²) in [4.78, 5) is 10.9. The molecule has 1 rings (SSSR count). The van der Waals surface area contributed by atoms with E-state index < -0.39 is 12.1 Å². The van der Waals surface area contributed by atoms with Crippen molar-refractivity contribution in [3.8, 4) is 5.75 Å². The minimum absolute atomic E-state index is 0.127. The van der Waals surface area contributed by atoms with Gasteiger partial charge in [-0.25, -0.2) is 4.79 Å². The summed E-state index contributed by atoms with van der Waals surface area (Å²) < 4.78 is 5.28. The number of carboxylic acids is 1. The zero-order chi connectivity index (χ0) is 12.1. The van der Waals surface area contributed by atoms with Crippen LogP contribution in [0.3, 0.4) is 0 Å². The van der Waals surface area contributed by atoms with Crippen LogP contribution in [0.2, 0.25) is 0 Å². The lowest BCUT2D eigenvalue weighted by Gasteiger charge is -2.16. The topological polar surface area (TPSA) is 66.8 Å². The van der Waals surface area contributed by atoms with E-state index in [1.165, 1.54) is 12.1 Å². The molecule has 0 aliphatic rings. The van der Waals surface area contributed by atoms with Crippen molar-refractivity contribution in [2.45, 2.75) is 32.5 Å². The maximum atomic E-state index is 10.9. The Morgan fingerprint density at radius 1 is 1.31 bits per heavy atom. The number of carboxylic acid groups (broad SMARTS) is 1. The summed E-state index contributed by atoms with van der Waals surface area (Å²) in [6.07, 6.45) is -0.670. The predicted molar refractivity (Wildman–Crippen MR) is 59.5 cm³/mol. The van der Waals surface area contributed by atoms with Crippen molar-refractivity contribution in [1.82, 2.24) is 0 Å². The van der Waals surface area contributed by atoms with E-state index in [0.29, 0.717) is 6.42 Å². The molecule has 16 heavy (non-hydrogen) atoms. The number of aromatic hydroxyl groups is 1. The number of hydrogen-bond acceptors (Lipinski definition) is 3. The highest BCUT2D eigenvalue weighted by Crippen LogP contribution is 2.13.